The predicted molar refractivity (Wildman–Crippen MR) is 67.1 cm³/mol. The average molecular weight is 234 g/mol. The van der Waals surface area contributed by atoms with Gasteiger partial charge in [-0.2, -0.15) is 0 Å². The normalized spacial score (nSPS) is 11.5. The van der Waals surface area contributed by atoms with E-state index in [1.54, 1.807) is 7.11 Å². The molecule has 1 unspecified atom stereocenters. The van der Waals surface area contributed by atoms with Crippen LogP contribution in [-0.4, -0.2) is 31.5 Å². The van der Waals surface area contributed by atoms with Crippen LogP contribution < -0.4 is 4.74 Å². The molecule has 92 valence electrons. The largest absolute Gasteiger partial charge is 0.487 e. The van der Waals surface area contributed by atoms with E-state index >= 15 is 0 Å². The smallest absolute Gasteiger partial charge is 0.135 e. The van der Waals surface area contributed by atoms with Crippen LogP contribution in [-0.2, 0) is 4.74 Å². The molecule has 0 saturated heterocycles. The van der Waals surface area contributed by atoms with Crippen LogP contribution in [0.2, 0.25) is 0 Å². The molecule has 0 aliphatic carbocycles. The van der Waals surface area contributed by atoms with Gasteiger partial charge in [-0.1, -0.05) is 17.9 Å². The topological polar surface area (TPSA) is 38.7 Å². The molecule has 0 heterocycles. The van der Waals surface area contributed by atoms with Gasteiger partial charge in [0.15, 0.2) is 0 Å². The lowest BCUT2D eigenvalue weighted by Crippen LogP contribution is -2.18. The molecule has 1 aromatic carbocycles. The van der Waals surface area contributed by atoms with Crippen LogP contribution >= 0.6 is 0 Å². The minimum Gasteiger partial charge on any atom is -0.487 e. The Hall–Kier alpha value is -1.50. The molecular formula is C14H18O3. The van der Waals surface area contributed by atoms with Crippen molar-refractivity contribution in [2.75, 3.05) is 20.3 Å². The number of rotatable bonds is 4. The summed E-state index contributed by atoms with van der Waals surface area (Å²) >= 11 is 0. The van der Waals surface area contributed by atoms with Crippen LogP contribution in [0.15, 0.2) is 18.2 Å². The molecular weight excluding hydrogens is 216 g/mol. The Labute approximate surface area is 102 Å². The lowest BCUT2D eigenvalue weighted by atomic mass is 10.1. The maximum absolute atomic E-state index is 8.72. The number of aliphatic hydroxyl groups excluding tert-OH is 1. The molecule has 0 spiro atoms. The molecule has 1 rings (SSSR count). The molecule has 1 aromatic rings. The first-order valence-electron chi connectivity index (χ1n) is 5.53. The van der Waals surface area contributed by atoms with Gasteiger partial charge in [0.2, 0.25) is 0 Å². The van der Waals surface area contributed by atoms with Crippen molar-refractivity contribution in [3.63, 3.8) is 0 Å². The van der Waals surface area contributed by atoms with E-state index in [1.165, 1.54) is 0 Å². The fourth-order valence-electron chi connectivity index (χ4n) is 1.46. The highest BCUT2D eigenvalue weighted by molar-refractivity contribution is 5.48. The van der Waals surface area contributed by atoms with Crippen LogP contribution in [0.1, 0.15) is 18.1 Å². The monoisotopic (exact) mass is 234 g/mol. The van der Waals surface area contributed by atoms with Crippen molar-refractivity contribution in [2.45, 2.75) is 20.0 Å². The molecule has 0 bridgehead atoms. The van der Waals surface area contributed by atoms with Crippen LogP contribution in [0.4, 0.5) is 0 Å². The molecule has 0 saturated carbocycles. The van der Waals surface area contributed by atoms with Gasteiger partial charge in [0.25, 0.3) is 0 Å². The summed E-state index contributed by atoms with van der Waals surface area (Å²) in [5, 5.41) is 8.72. The van der Waals surface area contributed by atoms with Crippen LogP contribution in [0.25, 0.3) is 0 Å². The van der Waals surface area contributed by atoms with Crippen LogP contribution in [0.5, 0.6) is 5.75 Å². The van der Waals surface area contributed by atoms with Gasteiger partial charge in [0.1, 0.15) is 18.5 Å². The Morgan fingerprint density at radius 2 is 2.18 bits per heavy atom. The number of benzene rings is 1. The highest BCUT2D eigenvalue weighted by atomic mass is 16.5. The highest BCUT2D eigenvalue weighted by Crippen LogP contribution is 2.20. The zero-order chi connectivity index (χ0) is 12.7. The molecule has 0 radical (unpaired) electrons. The first kappa shape index (κ1) is 13.6. The lowest BCUT2D eigenvalue weighted by molar-refractivity contribution is 0.0919. The minimum atomic E-state index is -0.152. The quantitative estimate of drug-likeness (QED) is 0.807. The zero-order valence-corrected chi connectivity index (χ0v) is 10.5. The Kier molecular flexibility index (Phi) is 5.55. The Balaban J connectivity index is 2.89. The maximum atomic E-state index is 8.72. The molecule has 1 N–H and O–H groups in total. The van der Waals surface area contributed by atoms with E-state index in [2.05, 4.69) is 11.8 Å². The summed E-state index contributed by atoms with van der Waals surface area (Å²) < 4.78 is 10.7. The SMILES string of the molecule is COCC(C)Oc1ccc(C)cc1C#CCO. The third-order valence-electron chi connectivity index (χ3n) is 2.17. The Morgan fingerprint density at radius 1 is 1.41 bits per heavy atom. The Morgan fingerprint density at radius 3 is 2.82 bits per heavy atom. The fourth-order valence-corrected chi connectivity index (χ4v) is 1.46. The van der Waals surface area contributed by atoms with Crippen molar-refractivity contribution in [1.82, 2.24) is 0 Å². The number of hydrogen-bond acceptors (Lipinski definition) is 3. The number of hydrogen-bond donors (Lipinski definition) is 1. The van der Waals surface area contributed by atoms with Gasteiger partial charge in [-0.05, 0) is 31.5 Å². The van der Waals surface area contributed by atoms with E-state index in [4.69, 9.17) is 14.6 Å². The minimum absolute atomic E-state index is 0.0302. The van der Waals surface area contributed by atoms with E-state index in [1.807, 2.05) is 32.0 Å². The maximum Gasteiger partial charge on any atom is 0.135 e. The van der Waals surface area contributed by atoms with Crippen molar-refractivity contribution >= 4 is 0 Å². The van der Waals surface area contributed by atoms with Gasteiger partial charge in [0.05, 0.1) is 12.2 Å². The highest BCUT2D eigenvalue weighted by Gasteiger charge is 2.07. The number of ether oxygens (including phenoxy) is 2. The van der Waals surface area contributed by atoms with E-state index in [0.717, 1.165) is 16.9 Å². The van der Waals surface area contributed by atoms with Crippen LogP contribution in [0, 0.1) is 18.8 Å². The second-order valence-electron chi connectivity index (χ2n) is 3.84. The molecule has 0 aliphatic rings. The van der Waals surface area contributed by atoms with Gasteiger partial charge in [-0.3, -0.25) is 0 Å². The third-order valence-corrected chi connectivity index (χ3v) is 2.17. The molecule has 0 fully saturated rings. The molecule has 0 amide bonds. The Bertz CT molecular complexity index is 415. The van der Waals surface area contributed by atoms with E-state index in [9.17, 15) is 0 Å². The summed E-state index contributed by atoms with van der Waals surface area (Å²) in [5.74, 6) is 6.24. The summed E-state index contributed by atoms with van der Waals surface area (Å²) in [6.07, 6.45) is -0.0302. The van der Waals surface area contributed by atoms with Crippen molar-refractivity contribution < 1.29 is 14.6 Å². The second kappa shape index (κ2) is 6.95. The number of aryl methyl sites for hydroxylation is 1. The predicted octanol–water partition coefficient (Wildman–Crippen LogP) is 1.75. The van der Waals surface area contributed by atoms with Crippen LogP contribution in [0.3, 0.4) is 0 Å². The summed E-state index contributed by atoms with van der Waals surface area (Å²) in [7, 11) is 1.64. The van der Waals surface area contributed by atoms with Crippen molar-refractivity contribution in [2.24, 2.45) is 0 Å². The van der Waals surface area contributed by atoms with Gasteiger partial charge >= 0.3 is 0 Å². The van der Waals surface area contributed by atoms with Gasteiger partial charge < -0.3 is 14.6 Å². The molecule has 3 nitrogen and oxygen atoms in total. The molecule has 3 heteroatoms. The third kappa shape index (κ3) is 4.48. The van der Waals surface area contributed by atoms with E-state index in [-0.39, 0.29) is 12.7 Å². The van der Waals surface area contributed by atoms with Crippen molar-refractivity contribution in [1.29, 1.82) is 0 Å². The number of methoxy groups -OCH3 is 1. The van der Waals surface area contributed by atoms with E-state index < -0.39 is 0 Å². The first-order valence-corrected chi connectivity index (χ1v) is 5.53. The van der Waals surface area contributed by atoms with Crippen molar-refractivity contribution in [3.8, 4) is 17.6 Å². The zero-order valence-electron chi connectivity index (χ0n) is 10.5. The fraction of sp³-hybridized carbons (Fsp3) is 0.429. The summed E-state index contributed by atoms with van der Waals surface area (Å²) in [4.78, 5) is 0. The lowest BCUT2D eigenvalue weighted by Gasteiger charge is -2.15. The number of aliphatic hydroxyl groups is 1. The molecule has 17 heavy (non-hydrogen) atoms. The molecule has 0 aromatic heterocycles. The molecule has 0 aliphatic heterocycles. The molecule has 1 atom stereocenters. The average Bonchev–Trinajstić information content (AvgIpc) is 2.30. The summed E-state index contributed by atoms with van der Waals surface area (Å²) in [5.41, 5.74) is 1.90. The summed E-state index contributed by atoms with van der Waals surface area (Å²) in [6.45, 7) is 4.31. The van der Waals surface area contributed by atoms with E-state index in [0.29, 0.717) is 6.61 Å². The van der Waals surface area contributed by atoms with Crippen molar-refractivity contribution in [3.05, 3.63) is 29.3 Å². The first-order chi connectivity index (χ1) is 8.17. The summed E-state index contributed by atoms with van der Waals surface area (Å²) in [6, 6.07) is 5.80. The van der Waals surface area contributed by atoms with Gasteiger partial charge in [-0.15, -0.1) is 0 Å². The second-order valence-corrected chi connectivity index (χ2v) is 3.84. The standard InChI is InChI=1S/C14H18O3/c1-11-6-7-14(17-12(2)10-16-3)13(9-11)5-4-8-15/h6-7,9,12,15H,8,10H2,1-3H3. The van der Waals surface area contributed by atoms with Gasteiger partial charge in [0, 0.05) is 7.11 Å². The van der Waals surface area contributed by atoms with Gasteiger partial charge in [-0.25, -0.2) is 0 Å².